The minimum Gasteiger partial charge on any atom is -0.334 e. The standard InChI is InChI=1S/C21H23N3O/c1-4-11-23(15-18-10-6-5-8-16(18)2)20(25)13-19-14-22-21-17(3)9-7-12-24(19)21/h4-10,12,14H,1,11,13,15H2,2-3H3. The van der Waals surface area contributed by atoms with Crippen LogP contribution in [-0.4, -0.2) is 26.7 Å². The van der Waals surface area contributed by atoms with Crippen LogP contribution in [0.5, 0.6) is 0 Å². The highest BCUT2D eigenvalue weighted by Gasteiger charge is 2.16. The lowest BCUT2D eigenvalue weighted by Gasteiger charge is -2.22. The molecule has 0 saturated heterocycles. The van der Waals surface area contributed by atoms with Gasteiger partial charge in [-0.1, -0.05) is 36.4 Å². The van der Waals surface area contributed by atoms with E-state index in [1.807, 2.05) is 46.7 Å². The smallest absolute Gasteiger partial charge is 0.229 e. The number of hydrogen-bond acceptors (Lipinski definition) is 2. The first-order valence-corrected chi connectivity index (χ1v) is 8.45. The third-order valence-electron chi connectivity index (χ3n) is 4.46. The van der Waals surface area contributed by atoms with E-state index in [0.717, 1.165) is 22.5 Å². The summed E-state index contributed by atoms with van der Waals surface area (Å²) in [4.78, 5) is 19.2. The van der Waals surface area contributed by atoms with Crippen molar-refractivity contribution in [3.8, 4) is 0 Å². The lowest BCUT2D eigenvalue weighted by molar-refractivity contribution is -0.130. The van der Waals surface area contributed by atoms with Crippen molar-refractivity contribution in [3.05, 3.63) is 83.8 Å². The topological polar surface area (TPSA) is 37.6 Å². The number of fused-ring (bicyclic) bond motifs is 1. The number of amides is 1. The van der Waals surface area contributed by atoms with E-state index in [-0.39, 0.29) is 5.91 Å². The maximum absolute atomic E-state index is 12.9. The molecule has 0 aliphatic heterocycles. The summed E-state index contributed by atoms with van der Waals surface area (Å²) in [5.41, 5.74) is 5.26. The number of aromatic nitrogens is 2. The summed E-state index contributed by atoms with van der Waals surface area (Å²) in [5.74, 6) is 0.0754. The molecule has 0 fully saturated rings. The highest BCUT2D eigenvalue weighted by atomic mass is 16.2. The maximum Gasteiger partial charge on any atom is 0.229 e. The van der Waals surface area contributed by atoms with Crippen molar-refractivity contribution < 1.29 is 4.79 Å². The van der Waals surface area contributed by atoms with Gasteiger partial charge in [-0.25, -0.2) is 4.98 Å². The minimum atomic E-state index is 0.0754. The molecule has 0 radical (unpaired) electrons. The summed E-state index contributed by atoms with van der Waals surface area (Å²) in [6, 6.07) is 12.2. The van der Waals surface area contributed by atoms with Crippen LogP contribution in [0.3, 0.4) is 0 Å². The second kappa shape index (κ2) is 7.34. The first-order valence-electron chi connectivity index (χ1n) is 8.45. The largest absolute Gasteiger partial charge is 0.334 e. The minimum absolute atomic E-state index is 0.0754. The Bertz CT molecular complexity index is 910. The van der Waals surface area contributed by atoms with Crippen molar-refractivity contribution in [2.45, 2.75) is 26.8 Å². The molecule has 0 aliphatic carbocycles. The van der Waals surface area contributed by atoms with Crippen LogP contribution < -0.4 is 0 Å². The summed E-state index contributed by atoms with van der Waals surface area (Å²) in [5, 5.41) is 0. The lowest BCUT2D eigenvalue weighted by atomic mass is 10.1. The van der Waals surface area contributed by atoms with Crippen LogP contribution in [0.25, 0.3) is 5.65 Å². The molecule has 3 aromatic rings. The number of benzene rings is 1. The van der Waals surface area contributed by atoms with Crippen molar-refractivity contribution in [1.82, 2.24) is 14.3 Å². The molecule has 0 bridgehead atoms. The van der Waals surface area contributed by atoms with E-state index in [0.29, 0.717) is 19.5 Å². The van der Waals surface area contributed by atoms with E-state index in [9.17, 15) is 4.79 Å². The Hall–Kier alpha value is -2.88. The molecule has 1 aromatic carbocycles. The molecule has 0 N–H and O–H groups in total. The molecule has 3 rings (SSSR count). The SMILES string of the molecule is C=CCN(Cc1ccccc1C)C(=O)Cc1cnc2c(C)cccn12. The van der Waals surface area contributed by atoms with E-state index in [2.05, 4.69) is 30.6 Å². The van der Waals surface area contributed by atoms with E-state index < -0.39 is 0 Å². The summed E-state index contributed by atoms with van der Waals surface area (Å²) < 4.78 is 1.99. The van der Waals surface area contributed by atoms with E-state index in [4.69, 9.17) is 0 Å². The van der Waals surface area contributed by atoms with E-state index in [1.165, 1.54) is 5.56 Å². The number of aryl methyl sites for hydroxylation is 2. The molecule has 0 aliphatic rings. The number of imidazole rings is 1. The lowest BCUT2D eigenvalue weighted by Crippen LogP contribution is -2.32. The van der Waals surface area contributed by atoms with Gasteiger partial charge in [0.1, 0.15) is 5.65 Å². The van der Waals surface area contributed by atoms with Gasteiger partial charge in [-0.2, -0.15) is 0 Å². The van der Waals surface area contributed by atoms with Gasteiger partial charge in [0.25, 0.3) is 0 Å². The molecule has 0 unspecified atom stereocenters. The summed E-state index contributed by atoms with van der Waals surface area (Å²) >= 11 is 0. The molecule has 4 nitrogen and oxygen atoms in total. The molecule has 0 atom stereocenters. The fourth-order valence-electron chi connectivity index (χ4n) is 3.00. The Kier molecular flexibility index (Phi) is 4.98. The van der Waals surface area contributed by atoms with Crippen molar-refractivity contribution in [2.24, 2.45) is 0 Å². The molecule has 0 saturated carbocycles. The van der Waals surface area contributed by atoms with Gasteiger partial charge in [-0.15, -0.1) is 6.58 Å². The molecule has 4 heteroatoms. The second-order valence-corrected chi connectivity index (χ2v) is 6.30. The molecule has 1 amide bonds. The van der Waals surface area contributed by atoms with Crippen LogP contribution in [0.15, 0.2) is 61.4 Å². The van der Waals surface area contributed by atoms with Crippen molar-refractivity contribution in [1.29, 1.82) is 0 Å². The highest BCUT2D eigenvalue weighted by molar-refractivity contribution is 5.79. The van der Waals surface area contributed by atoms with Crippen molar-refractivity contribution in [3.63, 3.8) is 0 Å². The average molecular weight is 333 g/mol. The van der Waals surface area contributed by atoms with Gasteiger partial charge in [0.2, 0.25) is 5.91 Å². The van der Waals surface area contributed by atoms with Crippen LogP contribution in [0, 0.1) is 13.8 Å². The summed E-state index contributed by atoms with van der Waals surface area (Å²) in [7, 11) is 0. The van der Waals surface area contributed by atoms with Gasteiger partial charge in [0.05, 0.1) is 12.1 Å². The number of carbonyl (C=O) groups excluding carboxylic acids is 1. The number of rotatable bonds is 6. The Morgan fingerprint density at radius 3 is 2.72 bits per heavy atom. The first kappa shape index (κ1) is 17.0. The van der Waals surface area contributed by atoms with Crippen LogP contribution in [0.1, 0.15) is 22.4 Å². The van der Waals surface area contributed by atoms with Gasteiger partial charge in [0, 0.05) is 25.5 Å². The number of carbonyl (C=O) groups is 1. The Morgan fingerprint density at radius 1 is 1.20 bits per heavy atom. The van der Waals surface area contributed by atoms with Crippen LogP contribution in [-0.2, 0) is 17.8 Å². The van der Waals surface area contributed by atoms with Crippen molar-refractivity contribution >= 4 is 11.6 Å². The molecular formula is C21H23N3O. The summed E-state index contributed by atoms with van der Waals surface area (Å²) in [6.07, 6.45) is 5.84. The Balaban J connectivity index is 1.82. The average Bonchev–Trinajstić information content (AvgIpc) is 3.01. The van der Waals surface area contributed by atoms with Crippen LogP contribution >= 0.6 is 0 Å². The van der Waals surface area contributed by atoms with Gasteiger partial charge in [0.15, 0.2) is 0 Å². The predicted molar refractivity (Wildman–Crippen MR) is 100 cm³/mol. The van der Waals surface area contributed by atoms with Crippen LogP contribution in [0.2, 0.25) is 0 Å². The fourth-order valence-corrected chi connectivity index (χ4v) is 3.00. The molecule has 0 spiro atoms. The molecule has 25 heavy (non-hydrogen) atoms. The third-order valence-corrected chi connectivity index (χ3v) is 4.46. The number of nitrogens with zero attached hydrogens (tertiary/aromatic N) is 3. The van der Waals surface area contributed by atoms with Gasteiger partial charge in [-0.3, -0.25) is 4.79 Å². The third kappa shape index (κ3) is 3.63. The molecule has 128 valence electrons. The number of hydrogen-bond donors (Lipinski definition) is 0. The van der Waals surface area contributed by atoms with E-state index in [1.54, 1.807) is 12.3 Å². The van der Waals surface area contributed by atoms with Crippen molar-refractivity contribution in [2.75, 3.05) is 6.54 Å². The zero-order valence-electron chi connectivity index (χ0n) is 14.8. The second-order valence-electron chi connectivity index (χ2n) is 6.30. The van der Waals surface area contributed by atoms with E-state index >= 15 is 0 Å². The predicted octanol–water partition coefficient (Wildman–Crippen LogP) is 3.71. The molecule has 2 aromatic heterocycles. The van der Waals surface area contributed by atoms with Gasteiger partial charge in [-0.05, 0) is 36.6 Å². The van der Waals surface area contributed by atoms with Gasteiger partial charge >= 0.3 is 0 Å². The fraction of sp³-hybridized carbons (Fsp3) is 0.238. The molecule has 2 heterocycles. The zero-order valence-corrected chi connectivity index (χ0v) is 14.8. The quantitative estimate of drug-likeness (QED) is 0.645. The summed E-state index contributed by atoms with van der Waals surface area (Å²) in [6.45, 7) is 9.01. The number of pyridine rings is 1. The Morgan fingerprint density at radius 2 is 1.96 bits per heavy atom. The molecular weight excluding hydrogens is 310 g/mol. The van der Waals surface area contributed by atoms with Gasteiger partial charge < -0.3 is 9.30 Å². The van der Waals surface area contributed by atoms with Crippen LogP contribution in [0.4, 0.5) is 0 Å². The highest BCUT2D eigenvalue weighted by Crippen LogP contribution is 2.15. The first-order chi connectivity index (χ1) is 12.1. The zero-order chi connectivity index (χ0) is 17.8. The maximum atomic E-state index is 12.9. The Labute approximate surface area is 148 Å². The monoisotopic (exact) mass is 333 g/mol. The normalized spacial score (nSPS) is 10.8.